The fourth-order valence-electron chi connectivity index (χ4n) is 2.57. The molecule has 0 fully saturated rings. The molecule has 3 rings (SSSR count). The molecule has 0 saturated carbocycles. The summed E-state index contributed by atoms with van der Waals surface area (Å²) in [5.41, 5.74) is 1.16. The Bertz CT molecular complexity index is 924. The number of aromatic hydroxyl groups is 1. The predicted molar refractivity (Wildman–Crippen MR) is 99.5 cm³/mol. The van der Waals surface area contributed by atoms with Crippen LogP contribution < -0.4 is 10.1 Å². The van der Waals surface area contributed by atoms with Crippen molar-refractivity contribution in [2.75, 3.05) is 6.54 Å². The number of ether oxygens (including phenoxy) is 1. The summed E-state index contributed by atoms with van der Waals surface area (Å²) in [4.78, 5) is 10.9. The molecule has 2 N–H and O–H groups in total. The van der Waals surface area contributed by atoms with Gasteiger partial charge in [0.2, 0.25) is 5.91 Å². The molecule has 0 aliphatic rings. The van der Waals surface area contributed by atoms with E-state index >= 15 is 0 Å². The minimum Gasteiger partial charge on any atom is -0.508 e. The number of rotatable bonds is 5. The Morgan fingerprint density at radius 1 is 1.08 bits per heavy atom. The summed E-state index contributed by atoms with van der Waals surface area (Å²) >= 11 is 6.07. The predicted octanol–water partition coefficient (Wildman–Crippen LogP) is 4.67. The van der Waals surface area contributed by atoms with E-state index in [0.29, 0.717) is 23.1 Å². The third kappa shape index (κ3) is 4.43. The molecule has 0 radical (unpaired) electrons. The van der Waals surface area contributed by atoms with Crippen molar-refractivity contribution in [2.45, 2.75) is 13.3 Å². The van der Waals surface area contributed by atoms with Gasteiger partial charge in [0, 0.05) is 19.5 Å². The van der Waals surface area contributed by atoms with Crippen LogP contribution in [0.2, 0.25) is 5.02 Å². The van der Waals surface area contributed by atoms with Crippen molar-refractivity contribution in [3.8, 4) is 17.2 Å². The third-order valence-corrected chi connectivity index (χ3v) is 4.10. The minimum atomic E-state index is -0.0181. The lowest BCUT2D eigenvalue weighted by molar-refractivity contribution is -0.118. The molecule has 0 saturated heterocycles. The number of fused-ring (bicyclic) bond motifs is 1. The highest BCUT2D eigenvalue weighted by atomic mass is 35.5. The molecule has 4 nitrogen and oxygen atoms in total. The largest absolute Gasteiger partial charge is 0.508 e. The fraction of sp³-hybridized carbons (Fsp3) is 0.150. The van der Waals surface area contributed by atoms with Gasteiger partial charge >= 0.3 is 0 Å². The van der Waals surface area contributed by atoms with Gasteiger partial charge in [-0.3, -0.25) is 4.79 Å². The van der Waals surface area contributed by atoms with E-state index in [2.05, 4.69) is 11.4 Å². The number of phenolic OH excluding ortho intramolecular Hbond substituents is 1. The first-order valence-electron chi connectivity index (χ1n) is 7.95. The van der Waals surface area contributed by atoms with Crippen LogP contribution in [0.15, 0.2) is 54.6 Å². The normalized spacial score (nSPS) is 10.6. The number of amides is 1. The van der Waals surface area contributed by atoms with Crippen LogP contribution in [0.3, 0.4) is 0 Å². The summed E-state index contributed by atoms with van der Waals surface area (Å²) in [6, 6.07) is 16.6. The lowest BCUT2D eigenvalue weighted by Gasteiger charge is -2.10. The van der Waals surface area contributed by atoms with Gasteiger partial charge in [0.05, 0.1) is 5.02 Å². The molecule has 0 aliphatic heterocycles. The van der Waals surface area contributed by atoms with E-state index in [1.165, 1.54) is 19.1 Å². The Kier molecular flexibility index (Phi) is 5.10. The molecule has 3 aromatic rings. The molecule has 0 unspecified atom stereocenters. The highest BCUT2D eigenvalue weighted by Crippen LogP contribution is 2.33. The van der Waals surface area contributed by atoms with E-state index in [1.807, 2.05) is 30.3 Å². The molecule has 3 aromatic carbocycles. The highest BCUT2D eigenvalue weighted by molar-refractivity contribution is 6.32. The second-order valence-electron chi connectivity index (χ2n) is 5.79. The van der Waals surface area contributed by atoms with Gasteiger partial charge in [-0.2, -0.15) is 0 Å². The Balaban J connectivity index is 1.77. The average Bonchev–Trinajstić information content (AvgIpc) is 2.57. The number of hydrogen-bond acceptors (Lipinski definition) is 3. The molecule has 0 bridgehead atoms. The van der Waals surface area contributed by atoms with Gasteiger partial charge in [-0.1, -0.05) is 35.9 Å². The summed E-state index contributed by atoms with van der Waals surface area (Å²) in [6.07, 6.45) is 0.789. The van der Waals surface area contributed by atoms with E-state index in [1.54, 1.807) is 6.07 Å². The lowest BCUT2D eigenvalue weighted by atomic mass is 10.0. The molecule has 0 heterocycles. The summed E-state index contributed by atoms with van der Waals surface area (Å²) in [5.74, 6) is 1.25. The molecule has 0 atom stereocenters. The maximum absolute atomic E-state index is 10.9. The van der Waals surface area contributed by atoms with E-state index in [0.717, 1.165) is 22.8 Å². The number of halogens is 1. The zero-order valence-electron chi connectivity index (χ0n) is 13.8. The Hall–Kier alpha value is -2.72. The van der Waals surface area contributed by atoms with Gasteiger partial charge in [0.1, 0.15) is 17.2 Å². The Labute approximate surface area is 151 Å². The number of nitrogens with one attached hydrogen (secondary N) is 1. The molecule has 0 aromatic heterocycles. The third-order valence-electron chi connectivity index (χ3n) is 3.81. The van der Waals surface area contributed by atoms with Crippen molar-refractivity contribution in [3.05, 3.63) is 65.2 Å². The fourth-order valence-corrected chi connectivity index (χ4v) is 2.79. The number of carbonyl (C=O) groups excluding carboxylic acids is 1. The van der Waals surface area contributed by atoms with Crippen LogP contribution in [0.4, 0.5) is 0 Å². The molecule has 5 heteroatoms. The van der Waals surface area contributed by atoms with Gasteiger partial charge < -0.3 is 15.2 Å². The zero-order chi connectivity index (χ0) is 17.8. The van der Waals surface area contributed by atoms with Crippen molar-refractivity contribution in [1.29, 1.82) is 0 Å². The Morgan fingerprint density at radius 3 is 2.60 bits per heavy atom. The SMILES string of the molecule is CC(=O)NCCc1ccc2cc(Oc3ccc(O)cc3Cl)ccc2c1. The van der Waals surface area contributed by atoms with Crippen LogP contribution in [-0.2, 0) is 11.2 Å². The maximum Gasteiger partial charge on any atom is 0.216 e. The van der Waals surface area contributed by atoms with Crippen LogP contribution >= 0.6 is 11.6 Å². The van der Waals surface area contributed by atoms with Crippen LogP contribution in [0, 0.1) is 0 Å². The molecular formula is C20H18ClNO3. The smallest absolute Gasteiger partial charge is 0.216 e. The number of benzene rings is 3. The first kappa shape index (κ1) is 17.1. The van der Waals surface area contributed by atoms with Crippen LogP contribution in [0.1, 0.15) is 12.5 Å². The molecule has 1 amide bonds. The standard InChI is InChI=1S/C20H18ClNO3/c1-13(23)22-9-8-14-2-3-16-11-18(6-4-15(16)10-14)25-20-7-5-17(24)12-19(20)21/h2-7,10-12,24H,8-9H2,1H3,(H,22,23). The first-order chi connectivity index (χ1) is 12.0. The van der Waals surface area contributed by atoms with Crippen molar-refractivity contribution in [2.24, 2.45) is 0 Å². The number of phenols is 1. The molecule has 0 aliphatic carbocycles. The van der Waals surface area contributed by atoms with Gasteiger partial charge in [0.25, 0.3) is 0 Å². The average molecular weight is 356 g/mol. The summed E-state index contributed by atoms with van der Waals surface area (Å²) in [6.45, 7) is 2.14. The zero-order valence-corrected chi connectivity index (χ0v) is 14.5. The van der Waals surface area contributed by atoms with E-state index < -0.39 is 0 Å². The Morgan fingerprint density at radius 2 is 1.84 bits per heavy atom. The summed E-state index contributed by atoms with van der Waals surface area (Å²) in [7, 11) is 0. The molecule has 128 valence electrons. The topological polar surface area (TPSA) is 58.6 Å². The summed E-state index contributed by atoms with van der Waals surface area (Å²) in [5, 5.41) is 14.7. The second kappa shape index (κ2) is 7.45. The molecule has 0 spiro atoms. The highest BCUT2D eigenvalue weighted by Gasteiger charge is 2.06. The van der Waals surface area contributed by atoms with Crippen molar-refractivity contribution in [3.63, 3.8) is 0 Å². The van der Waals surface area contributed by atoms with Crippen LogP contribution in [0.5, 0.6) is 17.2 Å². The molecular weight excluding hydrogens is 338 g/mol. The van der Waals surface area contributed by atoms with Crippen molar-refractivity contribution >= 4 is 28.3 Å². The quantitative estimate of drug-likeness (QED) is 0.699. The minimum absolute atomic E-state index is 0.0181. The summed E-state index contributed by atoms with van der Waals surface area (Å²) < 4.78 is 5.80. The monoisotopic (exact) mass is 355 g/mol. The molecule has 25 heavy (non-hydrogen) atoms. The number of carbonyl (C=O) groups is 1. The van der Waals surface area contributed by atoms with E-state index in [9.17, 15) is 9.90 Å². The maximum atomic E-state index is 10.9. The van der Waals surface area contributed by atoms with Crippen molar-refractivity contribution < 1.29 is 14.6 Å². The van der Waals surface area contributed by atoms with E-state index in [4.69, 9.17) is 16.3 Å². The van der Waals surface area contributed by atoms with Gasteiger partial charge in [-0.15, -0.1) is 0 Å². The number of hydrogen-bond donors (Lipinski definition) is 2. The van der Waals surface area contributed by atoms with Crippen LogP contribution in [-0.4, -0.2) is 17.6 Å². The lowest BCUT2D eigenvalue weighted by Crippen LogP contribution is -2.22. The van der Waals surface area contributed by atoms with Crippen molar-refractivity contribution in [1.82, 2.24) is 5.32 Å². The second-order valence-corrected chi connectivity index (χ2v) is 6.20. The van der Waals surface area contributed by atoms with E-state index in [-0.39, 0.29) is 11.7 Å². The van der Waals surface area contributed by atoms with Gasteiger partial charge in [-0.25, -0.2) is 0 Å². The van der Waals surface area contributed by atoms with Gasteiger partial charge in [-0.05, 0) is 47.0 Å². The van der Waals surface area contributed by atoms with Crippen LogP contribution in [0.25, 0.3) is 10.8 Å². The first-order valence-corrected chi connectivity index (χ1v) is 8.32. The van der Waals surface area contributed by atoms with Gasteiger partial charge in [0.15, 0.2) is 0 Å².